The van der Waals surface area contributed by atoms with E-state index in [0.29, 0.717) is 19.3 Å². The molecule has 4 rings (SSSR count). The zero-order chi connectivity index (χ0) is 22.1. The molecule has 8 heteroatoms. The Kier molecular flexibility index (Phi) is 5.27. The summed E-state index contributed by atoms with van der Waals surface area (Å²) in [6.45, 7) is 4.44. The number of Topliss-reactive ketones (excluding diaryl/α,β-unsaturated/α-hetero) is 1. The van der Waals surface area contributed by atoms with Crippen molar-refractivity contribution < 1.29 is 33.8 Å². The molecule has 4 aliphatic carbocycles. The monoisotopic (exact) mass is 440 g/mol. The summed E-state index contributed by atoms with van der Waals surface area (Å²) in [4.78, 5) is 34.3. The number of allylic oxidation sites excluding steroid dienone is 1. The number of aliphatic hydroxyl groups is 2. The lowest BCUT2D eigenvalue weighted by molar-refractivity contribution is -0.181. The van der Waals surface area contributed by atoms with Crippen LogP contribution in [-0.4, -0.2) is 51.6 Å². The van der Waals surface area contributed by atoms with Crippen LogP contribution in [0.4, 0.5) is 0 Å². The first kappa shape index (κ1) is 22.3. The van der Waals surface area contributed by atoms with Crippen LogP contribution < -0.4 is 0 Å². The lowest BCUT2D eigenvalue weighted by Gasteiger charge is -2.60. The van der Waals surface area contributed by atoms with Gasteiger partial charge in [0.05, 0.1) is 6.10 Å². The number of carbonyl (C=O) groups excluding carboxylic acids is 2. The lowest BCUT2D eigenvalue weighted by atomic mass is 9.45. The Bertz CT molecular complexity index is 846. The van der Waals surface area contributed by atoms with Crippen LogP contribution in [-0.2, 0) is 18.7 Å². The van der Waals surface area contributed by atoms with Gasteiger partial charge in [-0.05, 0) is 67.8 Å². The third kappa shape index (κ3) is 3.20. The molecule has 0 aromatic rings. The Labute approximate surface area is 177 Å². The van der Waals surface area contributed by atoms with Gasteiger partial charge in [-0.2, -0.15) is 0 Å². The summed E-state index contributed by atoms with van der Waals surface area (Å²) >= 11 is 0. The Morgan fingerprint density at radius 1 is 1.27 bits per heavy atom. The average molecular weight is 440 g/mol. The second-order valence-corrected chi connectivity index (χ2v) is 12.3. The van der Waals surface area contributed by atoms with Gasteiger partial charge in [-0.1, -0.05) is 19.4 Å². The maximum absolute atomic E-state index is 12.9. The molecule has 3 fully saturated rings. The molecule has 4 aliphatic rings. The van der Waals surface area contributed by atoms with Crippen LogP contribution in [0.1, 0.15) is 58.8 Å². The van der Waals surface area contributed by atoms with Gasteiger partial charge in [0.15, 0.2) is 11.6 Å². The molecule has 7 nitrogen and oxygen atoms in total. The largest absolute Gasteiger partial charge is 0.393 e. The number of rotatable bonds is 4. The molecule has 30 heavy (non-hydrogen) atoms. The Morgan fingerprint density at radius 2 is 1.97 bits per heavy atom. The molecule has 3 saturated carbocycles. The van der Waals surface area contributed by atoms with E-state index in [1.807, 2.05) is 6.92 Å². The van der Waals surface area contributed by atoms with E-state index in [1.165, 1.54) is 0 Å². The van der Waals surface area contributed by atoms with E-state index >= 15 is 0 Å². The van der Waals surface area contributed by atoms with Crippen LogP contribution in [0.15, 0.2) is 11.6 Å². The van der Waals surface area contributed by atoms with Crippen molar-refractivity contribution in [2.45, 2.75) is 70.5 Å². The first-order valence-corrected chi connectivity index (χ1v) is 13.0. The molecule has 168 valence electrons. The summed E-state index contributed by atoms with van der Waals surface area (Å²) in [5.41, 5.74) is -1.58. The van der Waals surface area contributed by atoms with Gasteiger partial charge in [-0.15, -0.1) is 0 Å². The van der Waals surface area contributed by atoms with Crippen molar-refractivity contribution in [3.63, 3.8) is 0 Å². The highest BCUT2D eigenvalue weighted by Gasteiger charge is 2.68. The van der Waals surface area contributed by atoms with E-state index in [4.69, 9.17) is 4.52 Å². The van der Waals surface area contributed by atoms with Gasteiger partial charge in [-0.25, -0.2) is 0 Å². The van der Waals surface area contributed by atoms with Crippen molar-refractivity contribution in [1.82, 2.24) is 0 Å². The van der Waals surface area contributed by atoms with E-state index in [2.05, 4.69) is 6.92 Å². The van der Waals surface area contributed by atoms with Crippen LogP contribution in [0.25, 0.3) is 0 Å². The molecule has 0 spiro atoms. The summed E-state index contributed by atoms with van der Waals surface area (Å²) in [6, 6.07) is 0. The van der Waals surface area contributed by atoms with Crippen LogP contribution in [0.2, 0.25) is 0 Å². The highest BCUT2D eigenvalue weighted by atomic mass is 31.2. The van der Waals surface area contributed by atoms with Crippen molar-refractivity contribution in [1.29, 1.82) is 0 Å². The van der Waals surface area contributed by atoms with E-state index in [0.717, 1.165) is 31.5 Å². The molecule has 0 aromatic carbocycles. The molecule has 0 amide bonds. The number of carbonyl (C=O) groups is 2. The summed E-state index contributed by atoms with van der Waals surface area (Å²) < 4.78 is 16.3. The molecule has 0 heterocycles. The summed E-state index contributed by atoms with van der Waals surface area (Å²) in [5.74, 6) is -0.190. The number of ketones is 2. The van der Waals surface area contributed by atoms with E-state index in [-0.39, 0.29) is 35.4 Å². The van der Waals surface area contributed by atoms with E-state index < -0.39 is 37.1 Å². The van der Waals surface area contributed by atoms with E-state index in [9.17, 15) is 29.3 Å². The zero-order valence-electron chi connectivity index (χ0n) is 18.0. The van der Waals surface area contributed by atoms with Crippen LogP contribution in [0, 0.1) is 28.6 Å². The summed E-state index contributed by atoms with van der Waals surface area (Å²) in [5, 5.41) is 22.8. The van der Waals surface area contributed by atoms with Gasteiger partial charge in [0, 0.05) is 18.5 Å². The first-order valence-electron chi connectivity index (χ1n) is 10.9. The van der Waals surface area contributed by atoms with Crippen LogP contribution in [0.3, 0.4) is 0 Å². The second-order valence-electron chi connectivity index (χ2n) is 10.5. The third-order valence-corrected chi connectivity index (χ3v) is 9.55. The Morgan fingerprint density at radius 3 is 2.63 bits per heavy atom. The van der Waals surface area contributed by atoms with Gasteiger partial charge in [0.2, 0.25) is 0 Å². The third-order valence-electron chi connectivity index (χ3n) is 8.94. The van der Waals surface area contributed by atoms with Crippen LogP contribution in [0.5, 0.6) is 0 Å². The Hall–Kier alpha value is -0.850. The van der Waals surface area contributed by atoms with Crippen LogP contribution >= 0.6 is 7.60 Å². The fraction of sp³-hybridized carbons (Fsp3) is 0.818. The summed E-state index contributed by atoms with van der Waals surface area (Å²) in [6.07, 6.45) is 5.19. The number of hydrogen-bond donors (Lipinski definition) is 3. The fourth-order valence-electron chi connectivity index (χ4n) is 7.45. The van der Waals surface area contributed by atoms with Crippen molar-refractivity contribution in [3.05, 3.63) is 11.6 Å². The first-order chi connectivity index (χ1) is 13.8. The molecule has 0 saturated heterocycles. The molecule has 8 atom stereocenters. The maximum Gasteiger partial charge on any atom is 0.325 e. The SMILES string of the molecule is CC12CCC(=O)C=C1CCC1C2C(O)CC2(C)C1CCC2(O)C(=O)COP(C)(=O)O. The predicted molar refractivity (Wildman–Crippen MR) is 110 cm³/mol. The molecule has 0 radical (unpaired) electrons. The molecule has 8 unspecified atom stereocenters. The normalized spacial score (nSPS) is 47.5. The Balaban J connectivity index is 1.64. The number of fused-ring (bicyclic) bond motifs is 5. The second kappa shape index (κ2) is 7.08. The van der Waals surface area contributed by atoms with Gasteiger partial charge in [-0.3, -0.25) is 14.2 Å². The van der Waals surface area contributed by atoms with Crippen molar-refractivity contribution >= 4 is 19.2 Å². The molecular formula is C22H33O7P. The van der Waals surface area contributed by atoms with Gasteiger partial charge in [0.1, 0.15) is 12.2 Å². The molecule has 3 N–H and O–H groups in total. The highest BCUT2D eigenvalue weighted by molar-refractivity contribution is 7.51. The molecule has 0 bridgehead atoms. The lowest BCUT2D eigenvalue weighted by Crippen LogP contribution is -2.62. The fourth-order valence-corrected chi connectivity index (χ4v) is 7.80. The van der Waals surface area contributed by atoms with Crippen molar-refractivity contribution in [2.75, 3.05) is 13.3 Å². The highest BCUT2D eigenvalue weighted by Crippen LogP contribution is 2.67. The maximum atomic E-state index is 12.9. The van der Waals surface area contributed by atoms with Crippen molar-refractivity contribution in [2.24, 2.45) is 28.6 Å². The average Bonchev–Trinajstić information content (AvgIpc) is 2.91. The summed E-state index contributed by atoms with van der Waals surface area (Å²) in [7, 11) is -3.83. The quantitative estimate of drug-likeness (QED) is 0.575. The molecular weight excluding hydrogens is 407 g/mol. The predicted octanol–water partition coefficient (Wildman–Crippen LogP) is 2.62. The minimum Gasteiger partial charge on any atom is -0.393 e. The minimum atomic E-state index is -3.83. The number of hydrogen-bond acceptors (Lipinski definition) is 6. The number of aliphatic hydroxyl groups excluding tert-OH is 1. The minimum absolute atomic E-state index is 0.00526. The van der Waals surface area contributed by atoms with E-state index in [1.54, 1.807) is 6.08 Å². The van der Waals surface area contributed by atoms with Crippen molar-refractivity contribution in [3.8, 4) is 0 Å². The smallest absolute Gasteiger partial charge is 0.325 e. The molecule has 0 aromatic heterocycles. The van der Waals surface area contributed by atoms with Gasteiger partial charge < -0.3 is 19.6 Å². The zero-order valence-corrected chi connectivity index (χ0v) is 18.9. The van der Waals surface area contributed by atoms with Gasteiger partial charge in [0.25, 0.3) is 0 Å². The topological polar surface area (TPSA) is 121 Å². The standard InChI is InChI=1S/C22H33O7P/c1-20-8-6-14(23)10-13(20)4-5-15-16-7-9-22(26,18(25)12-29-30(3,27)28)21(16,2)11-17(24)19(15)20/h10,15-17,19,24,26H,4-9,11-12H2,1-3H3,(H,27,28). The molecule has 0 aliphatic heterocycles. The van der Waals surface area contributed by atoms with Gasteiger partial charge >= 0.3 is 7.60 Å².